The second-order valence-corrected chi connectivity index (χ2v) is 4.43. The summed E-state index contributed by atoms with van der Waals surface area (Å²) in [5.41, 5.74) is 3.15. The third kappa shape index (κ3) is 3.09. The molecule has 0 amide bonds. The van der Waals surface area contributed by atoms with E-state index < -0.39 is 6.10 Å². The maximum atomic E-state index is 10.4. The minimum atomic E-state index is -0.690. The molecule has 0 saturated carbocycles. The van der Waals surface area contributed by atoms with E-state index >= 15 is 0 Å². The molecule has 0 saturated heterocycles. The van der Waals surface area contributed by atoms with E-state index in [1.807, 2.05) is 51.1 Å². The standard InChI is InChI=1S/C15H18N2O2/c1-4-19-13-7-5-12(6-8-13)15(18)14-9-10(2)16-17-11(14)3/h5-9,15,18H,4H2,1-3H3. The molecule has 0 bridgehead atoms. The van der Waals surface area contributed by atoms with E-state index in [2.05, 4.69) is 10.2 Å². The van der Waals surface area contributed by atoms with E-state index in [1.165, 1.54) is 0 Å². The summed E-state index contributed by atoms with van der Waals surface area (Å²) in [5.74, 6) is 0.805. The van der Waals surface area contributed by atoms with E-state index in [0.29, 0.717) is 6.61 Å². The zero-order chi connectivity index (χ0) is 13.8. The normalized spacial score (nSPS) is 12.2. The lowest BCUT2D eigenvalue weighted by Gasteiger charge is -2.14. The van der Waals surface area contributed by atoms with Crippen LogP contribution in [0.2, 0.25) is 0 Å². The van der Waals surface area contributed by atoms with Crippen molar-refractivity contribution in [2.45, 2.75) is 26.9 Å². The van der Waals surface area contributed by atoms with Gasteiger partial charge in [-0.15, -0.1) is 0 Å². The number of rotatable bonds is 4. The lowest BCUT2D eigenvalue weighted by Crippen LogP contribution is -2.05. The van der Waals surface area contributed by atoms with Crippen molar-refractivity contribution < 1.29 is 9.84 Å². The Morgan fingerprint density at radius 1 is 1.16 bits per heavy atom. The fraction of sp³-hybridized carbons (Fsp3) is 0.333. The summed E-state index contributed by atoms with van der Waals surface area (Å²) in [7, 11) is 0. The lowest BCUT2D eigenvalue weighted by atomic mass is 10.0. The van der Waals surface area contributed by atoms with E-state index in [9.17, 15) is 5.11 Å². The fourth-order valence-corrected chi connectivity index (χ4v) is 1.94. The van der Waals surface area contributed by atoms with Crippen LogP contribution in [0.5, 0.6) is 5.75 Å². The van der Waals surface area contributed by atoms with Crippen molar-refractivity contribution in [2.75, 3.05) is 6.61 Å². The van der Waals surface area contributed by atoms with E-state index in [0.717, 1.165) is 28.3 Å². The van der Waals surface area contributed by atoms with Gasteiger partial charge in [0.1, 0.15) is 11.9 Å². The Bertz CT molecular complexity index is 553. The van der Waals surface area contributed by atoms with Crippen LogP contribution in [0.4, 0.5) is 0 Å². The third-order valence-electron chi connectivity index (χ3n) is 2.94. The molecule has 19 heavy (non-hydrogen) atoms. The Hall–Kier alpha value is -1.94. The Kier molecular flexibility index (Phi) is 4.12. The number of aliphatic hydroxyl groups is 1. The summed E-state index contributed by atoms with van der Waals surface area (Å²) in [6.45, 7) is 6.28. The van der Waals surface area contributed by atoms with Crippen molar-refractivity contribution in [3.8, 4) is 5.75 Å². The first-order valence-electron chi connectivity index (χ1n) is 6.33. The predicted molar refractivity (Wildman–Crippen MR) is 73.2 cm³/mol. The van der Waals surface area contributed by atoms with Crippen LogP contribution in [-0.2, 0) is 0 Å². The van der Waals surface area contributed by atoms with Crippen molar-refractivity contribution in [1.29, 1.82) is 0 Å². The van der Waals surface area contributed by atoms with Gasteiger partial charge in [-0.1, -0.05) is 12.1 Å². The van der Waals surface area contributed by atoms with Crippen LogP contribution in [0.1, 0.15) is 35.5 Å². The molecule has 1 aromatic carbocycles. The van der Waals surface area contributed by atoms with Crippen molar-refractivity contribution in [1.82, 2.24) is 10.2 Å². The Morgan fingerprint density at radius 2 is 1.84 bits per heavy atom. The molecular weight excluding hydrogens is 240 g/mol. The third-order valence-corrected chi connectivity index (χ3v) is 2.94. The summed E-state index contributed by atoms with van der Waals surface area (Å²) < 4.78 is 5.39. The molecule has 4 heteroatoms. The highest BCUT2D eigenvalue weighted by Crippen LogP contribution is 2.25. The van der Waals surface area contributed by atoms with Gasteiger partial charge >= 0.3 is 0 Å². The number of aryl methyl sites for hydroxylation is 2. The lowest BCUT2D eigenvalue weighted by molar-refractivity contribution is 0.218. The largest absolute Gasteiger partial charge is 0.494 e. The van der Waals surface area contributed by atoms with E-state index in [-0.39, 0.29) is 0 Å². The quantitative estimate of drug-likeness (QED) is 0.915. The maximum absolute atomic E-state index is 10.4. The van der Waals surface area contributed by atoms with Crippen molar-refractivity contribution in [3.05, 3.63) is 52.8 Å². The second-order valence-electron chi connectivity index (χ2n) is 4.43. The molecular formula is C15H18N2O2. The molecule has 1 unspecified atom stereocenters. The van der Waals surface area contributed by atoms with Crippen LogP contribution in [0.3, 0.4) is 0 Å². The molecule has 0 aliphatic heterocycles. The first-order chi connectivity index (χ1) is 9.11. The fourth-order valence-electron chi connectivity index (χ4n) is 1.94. The van der Waals surface area contributed by atoms with Gasteiger partial charge in [0, 0.05) is 5.56 Å². The van der Waals surface area contributed by atoms with Gasteiger partial charge in [-0.25, -0.2) is 0 Å². The summed E-state index contributed by atoms with van der Waals surface area (Å²) in [4.78, 5) is 0. The molecule has 0 aliphatic carbocycles. The first kappa shape index (κ1) is 13.5. The van der Waals surface area contributed by atoms with E-state index in [4.69, 9.17) is 4.74 Å². The average molecular weight is 258 g/mol. The molecule has 100 valence electrons. The summed E-state index contributed by atoms with van der Waals surface area (Å²) in [5, 5.41) is 18.4. The van der Waals surface area contributed by atoms with Crippen molar-refractivity contribution >= 4 is 0 Å². The minimum Gasteiger partial charge on any atom is -0.494 e. The zero-order valence-corrected chi connectivity index (χ0v) is 11.4. The van der Waals surface area contributed by atoms with Gasteiger partial charge in [-0.3, -0.25) is 0 Å². The molecule has 1 aromatic heterocycles. The molecule has 0 fully saturated rings. The zero-order valence-electron chi connectivity index (χ0n) is 11.4. The van der Waals surface area contributed by atoms with Gasteiger partial charge in [0.15, 0.2) is 0 Å². The number of hydrogen-bond donors (Lipinski definition) is 1. The second kappa shape index (κ2) is 5.80. The molecule has 0 aliphatic rings. The molecule has 2 aromatic rings. The number of ether oxygens (including phenoxy) is 1. The topological polar surface area (TPSA) is 55.2 Å². The summed E-state index contributed by atoms with van der Waals surface area (Å²) in [6.07, 6.45) is -0.690. The first-order valence-corrected chi connectivity index (χ1v) is 6.33. The summed E-state index contributed by atoms with van der Waals surface area (Å²) >= 11 is 0. The Morgan fingerprint density at radius 3 is 2.47 bits per heavy atom. The number of hydrogen-bond acceptors (Lipinski definition) is 4. The SMILES string of the molecule is CCOc1ccc(C(O)c2cc(C)nnc2C)cc1. The van der Waals surface area contributed by atoms with Gasteiger partial charge in [0.2, 0.25) is 0 Å². The molecule has 0 spiro atoms. The van der Waals surface area contributed by atoms with Crippen LogP contribution in [0.15, 0.2) is 30.3 Å². The van der Waals surface area contributed by atoms with Crippen LogP contribution < -0.4 is 4.74 Å². The summed E-state index contributed by atoms with van der Waals surface area (Å²) in [6, 6.07) is 9.32. The van der Waals surface area contributed by atoms with Gasteiger partial charge in [0.05, 0.1) is 18.0 Å². The molecule has 1 N–H and O–H groups in total. The smallest absolute Gasteiger partial charge is 0.119 e. The molecule has 2 rings (SSSR count). The average Bonchev–Trinajstić information content (AvgIpc) is 2.42. The molecule has 4 nitrogen and oxygen atoms in total. The Labute approximate surface area is 113 Å². The van der Waals surface area contributed by atoms with Crippen LogP contribution in [0.25, 0.3) is 0 Å². The molecule has 1 heterocycles. The van der Waals surface area contributed by atoms with E-state index in [1.54, 1.807) is 0 Å². The maximum Gasteiger partial charge on any atom is 0.119 e. The van der Waals surface area contributed by atoms with Crippen LogP contribution in [-0.4, -0.2) is 21.9 Å². The number of aromatic nitrogens is 2. The predicted octanol–water partition coefficient (Wildman–Crippen LogP) is 2.57. The minimum absolute atomic E-state index is 0.633. The highest BCUT2D eigenvalue weighted by molar-refractivity contribution is 5.35. The Balaban J connectivity index is 2.27. The number of benzene rings is 1. The van der Waals surface area contributed by atoms with Crippen molar-refractivity contribution in [3.63, 3.8) is 0 Å². The van der Waals surface area contributed by atoms with Crippen molar-refractivity contribution in [2.24, 2.45) is 0 Å². The number of aliphatic hydroxyl groups excluding tert-OH is 1. The molecule has 0 radical (unpaired) electrons. The van der Waals surface area contributed by atoms with Gasteiger partial charge in [-0.05, 0) is 44.5 Å². The highest BCUT2D eigenvalue weighted by Gasteiger charge is 2.14. The molecule has 1 atom stereocenters. The number of nitrogens with zero attached hydrogens (tertiary/aromatic N) is 2. The van der Waals surface area contributed by atoms with Gasteiger partial charge in [-0.2, -0.15) is 10.2 Å². The monoisotopic (exact) mass is 258 g/mol. The highest BCUT2D eigenvalue weighted by atomic mass is 16.5. The van der Waals surface area contributed by atoms with Gasteiger partial charge in [0.25, 0.3) is 0 Å². The van der Waals surface area contributed by atoms with Gasteiger partial charge < -0.3 is 9.84 Å². The van der Waals surface area contributed by atoms with Crippen LogP contribution in [0, 0.1) is 13.8 Å². The van der Waals surface area contributed by atoms with Crippen LogP contribution >= 0.6 is 0 Å².